The zero-order valence-electron chi connectivity index (χ0n) is 41.6. The maximum absolute atomic E-state index is 17.0. The number of fused-ring (bicyclic) bond motifs is 5. The number of H-pyrrole nitrogens is 2. The molecule has 2 saturated heterocycles. The summed E-state index contributed by atoms with van der Waals surface area (Å²) in [6.07, 6.45) is 1.60. The standard InChI is InChI=1S/C52H60FN9O10/c1-26(2)44(58-51(65)70-8)48(63)60-24-33(68-6)20-40(60)46-54-22-36(56-46)28-13-14-38-31(15-28)18-39-43-35(53)17-30(19-42(43)72-50(62(38)39)29-11-10-12-32(16-29)67-5)37-23-55-47(57-37)41-21-34(69-7)25-61(41)49(64)45(27(3)4)59-52(66)71-9/h10-19,22-23,26-27,33-34,40-41,44-45,50H,20-21,24-25H2,1-9H3,(H,54,56)(H,55,57)(H,58,65)(H,59,66)/t33-,34-,40-,41-,44-,45-,50?/m0/s1. The Morgan fingerprint density at radius 2 is 1.29 bits per heavy atom. The van der Waals surface area contributed by atoms with Gasteiger partial charge < -0.3 is 63.4 Å². The number of carbonyl (C=O) groups is 4. The molecule has 3 aliphatic rings. The number of hydrogen-bond acceptors (Lipinski definition) is 12. The molecule has 3 aromatic carbocycles. The van der Waals surface area contributed by atoms with E-state index in [2.05, 4.69) is 20.6 Å². The number of ether oxygens (including phenoxy) is 6. The predicted octanol–water partition coefficient (Wildman–Crippen LogP) is 7.51. The van der Waals surface area contributed by atoms with E-state index in [9.17, 15) is 19.2 Å². The van der Waals surface area contributed by atoms with E-state index < -0.39 is 48.4 Å². The summed E-state index contributed by atoms with van der Waals surface area (Å²) >= 11 is 0. The summed E-state index contributed by atoms with van der Waals surface area (Å²) in [5.74, 6) is 0.429. The van der Waals surface area contributed by atoms with Crippen LogP contribution < -0.4 is 20.1 Å². The molecule has 72 heavy (non-hydrogen) atoms. The molecule has 6 aromatic rings. The minimum atomic E-state index is -0.853. The molecular formula is C52H60FN9O10. The van der Waals surface area contributed by atoms with E-state index in [4.69, 9.17) is 38.4 Å². The maximum atomic E-state index is 17.0. The van der Waals surface area contributed by atoms with E-state index in [-0.39, 0.29) is 48.0 Å². The monoisotopic (exact) mass is 989 g/mol. The van der Waals surface area contributed by atoms with Crippen molar-refractivity contribution in [3.8, 4) is 45.3 Å². The van der Waals surface area contributed by atoms with Crippen molar-refractivity contribution in [2.45, 2.75) is 83.1 Å². The number of rotatable bonds is 14. The predicted molar refractivity (Wildman–Crippen MR) is 262 cm³/mol. The van der Waals surface area contributed by atoms with Crippen molar-refractivity contribution < 1.29 is 52.0 Å². The largest absolute Gasteiger partial charge is 0.497 e. The van der Waals surface area contributed by atoms with E-state index in [0.717, 1.165) is 22.0 Å². The highest BCUT2D eigenvalue weighted by atomic mass is 19.1. The van der Waals surface area contributed by atoms with Gasteiger partial charge in [-0.2, -0.15) is 0 Å². The smallest absolute Gasteiger partial charge is 0.407 e. The second-order valence-electron chi connectivity index (χ2n) is 19.0. The SMILES string of the molecule is COC(=O)N[C@H](C(=O)N1C[C@@H](OC)C[C@H]1c1ncc(-c2cc(F)c3c(c2)OC(c2cccc(OC)c2)n2c-3cc3cc(-c4cnc([C@@H]5C[C@H](OC)CN5C(=O)[C@@H](NC(=O)OC)C(C)C)[nH]4)ccc32)[nH]1)C(C)C. The molecule has 4 amide bonds. The molecule has 7 atom stereocenters. The van der Waals surface area contributed by atoms with Crippen LogP contribution >= 0.6 is 0 Å². The van der Waals surface area contributed by atoms with Crippen molar-refractivity contribution in [1.29, 1.82) is 0 Å². The summed E-state index contributed by atoms with van der Waals surface area (Å²) < 4.78 is 52.5. The number of hydrogen-bond donors (Lipinski definition) is 4. The average Bonchev–Trinajstić information content (AvgIpc) is 4.25. The fraction of sp³-hybridized carbons (Fsp3) is 0.423. The molecule has 1 unspecified atom stereocenters. The number of benzene rings is 3. The Balaban J connectivity index is 1.05. The van der Waals surface area contributed by atoms with Gasteiger partial charge in [-0.3, -0.25) is 9.59 Å². The first-order valence-corrected chi connectivity index (χ1v) is 23.9. The Hall–Kier alpha value is -7.45. The first-order valence-electron chi connectivity index (χ1n) is 23.9. The van der Waals surface area contributed by atoms with Crippen molar-refractivity contribution in [3.63, 3.8) is 0 Å². The van der Waals surface area contributed by atoms with Gasteiger partial charge in [-0.15, -0.1) is 0 Å². The van der Waals surface area contributed by atoms with Crippen molar-refractivity contribution in [1.82, 2.24) is 44.9 Å². The summed E-state index contributed by atoms with van der Waals surface area (Å²) in [5, 5.41) is 6.17. The van der Waals surface area contributed by atoms with Crippen LogP contribution in [-0.2, 0) is 28.5 Å². The number of aromatic nitrogens is 5. The molecule has 0 spiro atoms. The molecule has 6 heterocycles. The minimum Gasteiger partial charge on any atom is -0.497 e. The van der Waals surface area contributed by atoms with Crippen LogP contribution in [-0.4, -0.2) is 131 Å². The molecule has 3 aromatic heterocycles. The Kier molecular flexibility index (Phi) is 14.0. The molecular weight excluding hydrogens is 930 g/mol. The fourth-order valence-electron chi connectivity index (χ4n) is 10.1. The summed E-state index contributed by atoms with van der Waals surface area (Å²) in [5.41, 5.74) is 4.90. The quantitative estimate of drug-likeness (QED) is 0.0834. The second kappa shape index (κ2) is 20.3. The number of halogens is 1. The van der Waals surface area contributed by atoms with Crippen LogP contribution in [0.25, 0.3) is 44.7 Å². The Labute approximate surface area is 415 Å². The van der Waals surface area contributed by atoms with Crippen LogP contribution in [0.3, 0.4) is 0 Å². The lowest BCUT2D eigenvalue weighted by molar-refractivity contribution is -0.136. The molecule has 380 valence electrons. The fourth-order valence-corrected chi connectivity index (χ4v) is 10.1. The van der Waals surface area contributed by atoms with Crippen molar-refractivity contribution in [2.24, 2.45) is 11.8 Å². The third kappa shape index (κ3) is 9.31. The molecule has 0 saturated carbocycles. The summed E-state index contributed by atoms with van der Waals surface area (Å²) in [6.45, 7) is 8.00. The summed E-state index contributed by atoms with van der Waals surface area (Å²) in [6, 6.07) is 16.0. The van der Waals surface area contributed by atoms with Gasteiger partial charge in [-0.05, 0) is 54.3 Å². The van der Waals surface area contributed by atoms with Gasteiger partial charge in [0.1, 0.15) is 41.0 Å². The first-order chi connectivity index (χ1) is 34.6. The van der Waals surface area contributed by atoms with E-state index in [0.29, 0.717) is 65.2 Å². The third-order valence-corrected chi connectivity index (χ3v) is 14.0. The van der Waals surface area contributed by atoms with Gasteiger partial charge in [0, 0.05) is 62.2 Å². The number of likely N-dealkylation sites (tertiary alicyclic amines) is 2. The lowest BCUT2D eigenvalue weighted by Gasteiger charge is -2.31. The van der Waals surface area contributed by atoms with Gasteiger partial charge in [-0.1, -0.05) is 45.9 Å². The molecule has 0 radical (unpaired) electrons. The first kappa shape index (κ1) is 49.5. The Morgan fingerprint density at radius 1 is 0.722 bits per heavy atom. The van der Waals surface area contributed by atoms with E-state index >= 15 is 4.39 Å². The Morgan fingerprint density at radius 3 is 1.82 bits per heavy atom. The van der Waals surface area contributed by atoms with Crippen LogP contribution in [0.2, 0.25) is 0 Å². The van der Waals surface area contributed by atoms with E-state index in [1.54, 1.807) is 49.6 Å². The van der Waals surface area contributed by atoms with E-state index in [1.165, 1.54) is 20.3 Å². The number of aromatic amines is 2. The van der Waals surface area contributed by atoms with Gasteiger partial charge in [0.2, 0.25) is 18.0 Å². The van der Waals surface area contributed by atoms with Crippen LogP contribution in [0.4, 0.5) is 14.0 Å². The number of methoxy groups -OCH3 is 5. The van der Waals surface area contributed by atoms with Gasteiger partial charge in [0.05, 0.1) is 86.2 Å². The number of alkyl carbamates (subject to hydrolysis) is 2. The number of nitrogens with one attached hydrogen (secondary N) is 4. The highest BCUT2D eigenvalue weighted by molar-refractivity contribution is 5.93. The minimum absolute atomic E-state index is 0.214. The van der Waals surface area contributed by atoms with Crippen LogP contribution in [0.15, 0.2) is 73.1 Å². The van der Waals surface area contributed by atoms with Crippen LogP contribution in [0, 0.1) is 17.7 Å². The highest BCUT2D eigenvalue weighted by Crippen LogP contribution is 2.48. The number of carbonyl (C=O) groups excluding carboxylic acids is 4. The van der Waals surface area contributed by atoms with Crippen LogP contribution in [0.5, 0.6) is 11.5 Å². The van der Waals surface area contributed by atoms with Gasteiger partial charge in [0.25, 0.3) is 0 Å². The molecule has 0 bridgehead atoms. The Bertz CT molecular complexity index is 3000. The lowest BCUT2D eigenvalue weighted by Crippen LogP contribution is -2.51. The molecule has 20 heteroatoms. The van der Waals surface area contributed by atoms with Gasteiger partial charge >= 0.3 is 12.2 Å². The highest BCUT2D eigenvalue weighted by Gasteiger charge is 2.44. The maximum Gasteiger partial charge on any atom is 0.407 e. The number of imidazole rings is 2. The molecule has 19 nitrogen and oxygen atoms in total. The molecule has 0 aliphatic carbocycles. The molecule has 9 rings (SSSR count). The lowest BCUT2D eigenvalue weighted by atomic mass is 10.0. The number of nitrogens with zero attached hydrogens (tertiary/aromatic N) is 5. The molecule has 3 aliphatic heterocycles. The normalized spacial score (nSPS) is 20.2. The second-order valence-corrected chi connectivity index (χ2v) is 19.0. The zero-order chi connectivity index (χ0) is 51.1. The van der Waals surface area contributed by atoms with E-state index in [1.807, 2.05) is 80.8 Å². The zero-order valence-corrected chi connectivity index (χ0v) is 41.6. The number of amides is 4. The summed E-state index contributed by atoms with van der Waals surface area (Å²) in [4.78, 5) is 72.1. The molecule has 4 N–H and O–H groups in total. The van der Waals surface area contributed by atoms with Crippen LogP contribution in [0.1, 0.15) is 76.1 Å². The van der Waals surface area contributed by atoms with Crippen molar-refractivity contribution in [3.05, 3.63) is 96.1 Å². The van der Waals surface area contributed by atoms with Crippen molar-refractivity contribution in [2.75, 3.05) is 48.6 Å². The third-order valence-electron chi connectivity index (χ3n) is 14.0. The van der Waals surface area contributed by atoms with Gasteiger partial charge in [0.15, 0.2) is 0 Å². The molecule has 2 fully saturated rings. The average molecular weight is 990 g/mol. The summed E-state index contributed by atoms with van der Waals surface area (Å²) in [7, 11) is 7.29. The van der Waals surface area contributed by atoms with Gasteiger partial charge in [-0.25, -0.2) is 23.9 Å². The van der Waals surface area contributed by atoms with Crippen molar-refractivity contribution >= 4 is 34.9 Å². The topological polar surface area (TPSA) is 216 Å².